The van der Waals surface area contributed by atoms with E-state index in [0.29, 0.717) is 19.8 Å². The average molecular weight is 312 g/mol. The molecule has 2 heterocycles. The van der Waals surface area contributed by atoms with E-state index in [9.17, 15) is 4.79 Å². The van der Waals surface area contributed by atoms with Crippen molar-refractivity contribution in [1.82, 2.24) is 9.80 Å². The van der Waals surface area contributed by atoms with Crippen LogP contribution in [0.1, 0.15) is 52.4 Å². The summed E-state index contributed by atoms with van der Waals surface area (Å²) in [7, 11) is 0. The molecule has 2 rings (SSSR count). The molecular weight excluding hydrogens is 280 g/mol. The van der Waals surface area contributed by atoms with Crippen molar-refractivity contribution in [2.24, 2.45) is 0 Å². The second-order valence-electron chi connectivity index (χ2n) is 6.47. The first-order valence-corrected chi connectivity index (χ1v) is 8.97. The van der Waals surface area contributed by atoms with Crippen LogP contribution in [0.5, 0.6) is 0 Å². The summed E-state index contributed by atoms with van der Waals surface area (Å²) in [5.41, 5.74) is 0. The molecule has 2 saturated heterocycles. The van der Waals surface area contributed by atoms with Crippen LogP contribution in [0.15, 0.2) is 0 Å². The Morgan fingerprint density at radius 3 is 2.09 bits per heavy atom. The lowest BCUT2D eigenvalue weighted by molar-refractivity contribution is -0.187. The molecule has 0 aromatic rings. The van der Waals surface area contributed by atoms with Gasteiger partial charge in [0, 0.05) is 25.9 Å². The number of piperidine rings is 1. The number of likely N-dealkylation sites (tertiary alicyclic amines) is 1. The summed E-state index contributed by atoms with van der Waals surface area (Å²) in [6.07, 6.45) is 6.31. The SMILES string of the molecule is CCCCN(CCCC)CC(=O)N1CCC2(CC1)OCCO2. The third-order valence-corrected chi connectivity index (χ3v) is 4.71. The maximum Gasteiger partial charge on any atom is 0.236 e. The first kappa shape index (κ1) is 17.7. The van der Waals surface area contributed by atoms with Crippen molar-refractivity contribution in [2.75, 3.05) is 45.9 Å². The van der Waals surface area contributed by atoms with E-state index in [4.69, 9.17) is 9.47 Å². The Morgan fingerprint density at radius 2 is 1.59 bits per heavy atom. The van der Waals surface area contributed by atoms with Crippen molar-refractivity contribution in [3.63, 3.8) is 0 Å². The van der Waals surface area contributed by atoms with Gasteiger partial charge < -0.3 is 14.4 Å². The summed E-state index contributed by atoms with van der Waals surface area (Å²) in [6.45, 7) is 9.93. The van der Waals surface area contributed by atoms with Crippen molar-refractivity contribution >= 4 is 5.91 Å². The van der Waals surface area contributed by atoms with Gasteiger partial charge in [-0.3, -0.25) is 9.69 Å². The first-order valence-electron chi connectivity index (χ1n) is 8.97. The van der Waals surface area contributed by atoms with Gasteiger partial charge in [0.2, 0.25) is 5.91 Å². The quantitative estimate of drug-likeness (QED) is 0.689. The van der Waals surface area contributed by atoms with Crippen LogP contribution in [0.3, 0.4) is 0 Å². The van der Waals surface area contributed by atoms with Crippen molar-refractivity contribution in [3.05, 3.63) is 0 Å². The molecule has 0 aromatic carbocycles. The Bertz CT molecular complexity index is 325. The molecule has 22 heavy (non-hydrogen) atoms. The Morgan fingerprint density at radius 1 is 1.05 bits per heavy atom. The molecule has 2 aliphatic heterocycles. The Kier molecular flexibility index (Phi) is 7.12. The molecule has 0 bridgehead atoms. The van der Waals surface area contributed by atoms with Gasteiger partial charge in [0.1, 0.15) is 0 Å². The van der Waals surface area contributed by atoms with Crippen LogP contribution in [-0.4, -0.2) is 67.4 Å². The van der Waals surface area contributed by atoms with E-state index in [0.717, 1.165) is 39.0 Å². The average Bonchev–Trinajstić information content (AvgIpc) is 2.98. The number of amides is 1. The zero-order valence-electron chi connectivity index (χ0n) is 14.3. The van der Waals surface area contributed by atoms with Crippen LogP contribution in [0, 0.1) is 0 Å². The molecule has 2 fully saturated rings. The van der Waals surface area contributed by atoms with E-state index in [1.807, 2.05) is 4.90 Å². The highest BCUT2D eigenvalue weighted by Crippen LogP contribution is 2.31. The standard InChI is InChI=1S/C17H32N2O3/c1-3-5-9-18(10-6-4-2)15-16(20)19-11-7-17(8-12-19)21-13-14-22-17/h3-15H2,1-2H3. The number of rotatable bonds is 8. The van der Waals surface area contributed by atoms with Gasteiger partial charge in [-0.25, -0.2) is 0 Å². The lowest BCUT2D eigenvalue weighted by Gasteiger charge is -2.38. The van der Waals surface area contributed by atoms with Gasteiger partial charge in [0.05, 0.1) is 19.8 Å². The minimum atomic E-state index is -0.388. The molecule has 1 amide bonds. The fourth-order valence-corrected chi connectivity index (χ4v) is 3.21. The Hall–Kier alpha value is -0.650. The van der Waals surface area contributed by atoms with E-state index in [-0.39, 0.29) is 11.7 Å². The predicted molar refractivity (Wildman–Crippen MR) is 86.7 cm³/mol. The topological polar surface area (TPSA) is 42.0 Å². The second kappa shape index (κ2) is 8.85. The van der Waals surface area contributed by atoms with Gasteiger partial charge in [-0.1, -0.05) is 26.7 Å². The monoisotopic (exact) mass is 312 g/mol. The van der Waals surface area contributed by atoms with E-state index in [1.54, 1.807) is 0 Å². The number of ether oxygens (including phenoxy) is 2. The fraction of sp³-hybridized carbons (Fsp3) is 0.941. The summed E-state index contributed by atoms with van der Waals surface area (Å²) in [4.78, 5) is 16.8. The van der Waals surface area contributed by atoms with Crippen molar-refractivity contribution in [3.8, 4) is 0 Å². The van der Waals surface area contributed by atoms with Gasteiger partial charge >= 0.3 is 0 Å². The lowest BCUT2D eigenvalue weighted by atomic mass is 10.0. The minimum absolute atomic E-state index is 0.264. The van der Waals surface area contributed by atoms with Crippen LogP contribution in [0.4, 0.5) is 0 Å². The molecule has 5 heteroatoms. The zero-order valence-corrected chi connectivity index (χ0v) is 14.3. The van der Waals surface area contributed by atoms with E-state index in [1.165, 1.54) is 25.7 Å². The fourth-order valence-electron chi connectivity index (χ4n) is 3.21. The number of nitrogens with zero attached hydrogens (tertiary/aromatic N) is 2. The summed E-state index contributed by atoms with van der Waals surface area (Å²) in [5, 5.41) is 0. The van der Waals surface area contributed by atoms with Crippen LogP contribution >= 0.6 is 0 Å². The maximum atomic E-state index is 12.5. The van der Waals surface area contributed by atoms with Gasteiger partial charge in [-0.2, -0.15) is 0 Å². The van der Waals surface area contributed by atoms with E-state index < -0.39 is 0 Å². The normalized spacial score (nSPS) is 21.0. The number of hydrogen-bond donors (Lipinski definition) is 0. The number of hydrogen-bond acceptors (Lipinski definition) is 4. The molecule has 0 radical (unpaired) electrons. The van der Waals surface area contributed by atoms with Crippen LogP contribution in [0.2, 0.25) is 0 Å². The molecule has 0 aliphatic carbocycles. The first-order chi connectivity index (χ1) is 10.7. The Balaban J connectivity index is 1.77. The molecular formula is C17H32N2O3. The van der Waals surface area contributed by atoms with Crippen LogP contribution in [0.25, 0.3) is 0 Å². The van der Waals surface area contributed by atoms with Crippen LogP contribution in [-0.2, 0) is 14.3 Å². The highest BCUT2D eigenvalue weighted by molar-refractivity contribution is 5.78. The van der Waals surface area contributed by atoms with Crippen molar-refractivity contribution in [1.29, 1.82) is 0 Å². The number of unbranched alkanes of at least 4 members (excludes halogenated alkanes) is 2. The van der Waals surface area contributed by atoms with Gasteiger partial charge in [0.15, 0.2) is 5.79 Å². The lowest BCUT2D eigenvalue weighted by Crippen LogP contribution is -2.50. The smallest absolute Gasteiger partial charge is 0.236 e. The molecule has 2 aliphatic rings. The molecule has 0 aromatic heterocycles. The highest BCUT2D eigenvalue weighted by Gasteiger charge is 2.40. The molecule has 1 spiro atoms. The second-order valence-corrected chi connectivity index (χ2v) is 6.47. The molecule has 128 valence electrons. The predicted octanol–water partition coefficient (Wildman–Crippen LogP) is 2.25. The largest absolute Gasteiger partial charge is 0.347 e. The van der Waals surface area contributed by atoms with Crippen molar-refractivity contribution in [2.45, 2.75) is 58.2 Å². The Labute approximate surface area is 134 Å². The molecule has 0 N–H and O–H groups in total. The zero-order chi connectivity index (χ0) is 15.8. The van der Waals surface area contributed by atoms with Crippen LogP contribution < -0.4 is 0 Å². The third kappa shape index (κ3) is 4.93. The molecule has 5 nitrogen and oxygen atoms in total. The molecule has 0 atom stereocenters. The van der Waals surface area contributed by atoms with E-state index >= 15 is 0 Å². The number of carbonyl (C=O) groups is 1. The van der Waals surface area contributed by atoms with E-state index in [2.05, 4.69) is 18.7 Å². The number of carbonyl (C=O) groups excluding carboxylic acids is 1. The summed E-state index contributed by atoms with van der Waals surface area (Å²) < 4.78 is 11.5. The third-order valence-electron chi connectivity index (χ3n) is 4.71. The summed E-state index contributed by atoms with van der Waals surface area (Å²) >= 11 is 0. The van der Waals surface area contributed by atoms with Gasteiger partial charge in [0.25, 0.3) is 0 Å². The van der Waals surface area contributed by atoms with Crippen molar-refractivity contribution < 1.29 is 14.3 Å². The minimum Gasteiger partial charge on any atom is -0.347 e. The highest BCUT2D eigenvalue weighted by atomic mass is 16.7. The maximum absolute atomic E-state index is 12.5. The van der Waals surface area contributed by atoms with Gasteiger partial charge in [-0.05, 0) is 25.9 Å². The summed E-state index contributed by atoms with van der Waals surface area (Å²) in [5.74, 6) is -0.124. The molecule has 0 saturated carbocycles. The van der Waals surface area contributed by atoms with Gasteiger partial charge in [-0.15, -0.1) is 0 Å². The summed E-state index contributed by atoms with van der Waals surface area (Å²) in [6, 6.07) is 0. The molecule has 0 unspecified atom stereocenters.